The average Bonchev–Trinajstić information content (AvgIpc) is 4.07. The van der Waals surface area contributed by atoms with Gasteiger partial charge in [0.2, 0.25) is 0 Å². The normalized spacial score (nSPS) is 12.5. The van der Waals surface area contributed by atoms with Crippen LogP contribution < -0.4 is 4.90 Å². The molecular weight excluding hydrogens is 705 g/mol. The molecule has 0 aliphatic heterocycles. The number of nitrogens with zero attached hydrogens (tertiary/aromatic N) is 4. The Kier molecular flexibility index (Phi) is 5.73. The summed E-state index contributed by atoms with van der Waals surface area (Å²) in [5.74, 6) is 0. The number of anilines is 3. The first-order valence-corrected chi connectivity index (χ1v) is 20.0. The molecule has 0 aliphatic carbocycles. The molecule has 5 aromatic heterocycles. The van der Waals surface area contributed by atoms with E-state index in [-0.39, 0.29) is 0 Å². The maximum Gasteiger partial charge on any atom is 0.0641 e. The summed E-state index contributed by atoms with van der Waals surface area (Å²) >= 11 is 0. The molecule has 0 aliphatic rings. The summed E-state index contributed by atoms with van der Waals surface area (Å²) in [7, 11) is 0. The summed E-state index contributed by atoms with van der Waals surface area (Å²) < 4.78 is 7.58. The zero-order chi connectivity index (χ0) is 37.6. The van der Waals surface area contributed by atoms with Crippen LogP contribution in [0.15, 0.2) is 194 Å². The third-order valence-corrected chi connectivity index (χ3v) is 12.8. The number of para-hydroxylation sites is 6. The van der Waals surface area contributed by atoms with Crippen molar-refractivity contribution < 1.29 is 0 Å². The second-order valence-corrected chi connectivity index (χ2v) is 15.7. The molecule has 268 valence electrons. The standard InChI is InChI=1S/C54H32N4/c1-4-15-33(16-5-1)55(34-17-6-2-7-18-34)36-27-28-38-43-32-48-49(51-40-22-11-13-26-45(40)57(54(43)51)47(38)31-36)41-23-14-24-42-50-46(58(48)52(41)42)30-29-39-37-21-10-12-25-44(37)56(53(39)50)35-19-8-3-9-20-35/h1-32H. The van der Waals surface area contributed by atoms with Crippen LogP contribution in [0.4, 0.5) is 17.1 Å². The summed E-state index contributed by atoms with van der Waals surface area (Å²) in [6, 6.07) is 71.3. The van der Waals surface area contributed by atoms with Crippen molar-refractivity contribution in [1.82, 2.24) is 13.4 Å². The molecular formula is C54H32N4. The van der Waals surface area contributed by atoms with Gasteiger partial charge < -0.3 is 18.3 Å². The second kappa shape index (κ2) is 10.9. The summed E-state index contributed by atoms with van der Waals surface area (Å²) in [6.07, 6.45) is 0. The van der Waals surface area contributed by atoms with Gasteiger partial charge in [0.1, 0.15) is 0 Å². The van der Waals surface area contributed by atoms with E-state index in [1.807, 2.05) is 0 Å². The van der Waals surface area contributed by atoms with Gasteiger partial charge >= 0.3 is 0 Å². The SMILES string of the molecule is c1ccc(N(c2ccccc2)c2ccc3c4cc5c(c6cccc7c8c9c(ccc8n5c67)c5ccccc5n9-c5ccccc5)c5c6ccccc6n(c3c2)c45)cc1. The first-order valence-electron chi connectivity index (χ1n) is 20.0. The number of rotatable bonds is 4. The summed E-state index contributed by atoms with van der Waals surface area (Å²) in [6.45, 7) is 0. The minimum Gasteiger partial charge on any atom is -0.310 e. The van der Waals surface area contributed by atoms with E-state index in [9.17, 15) is 0 Å². The monoisotopic (exact) mass is 736 g/mol. The molecule has 0 unspecified atom stereocenters. The number of aromatic nitrogens is 3. The lowest BCUT2D eigenvalue weighted by atomic mass is 10.0. The fraction of sp³-hybridized carbons (Fsp3) is 0. The van der Waals surface area contributed by atoms with Crippen molar-refractivity contribution in [2.75, 3.05) is 4.90 Å². The Morgan fingerprint density at radius 2 is 0.862 bits per heavy atom. The first-order chi connectivity index (χ1) is 28.8. The molecule has 4 heteroatoms. The van der Waals surface area contributed by atoms with Crippen LogP contribution in [0.1, 0.15) is 0 Å². The van der Waals surface area contributed by atoms with Gasteiger partial charge in [-0.25, -0.2) is 0 Å². The molecule has 5 heterocycles. The summed E-state index contributed by atoms with van der Waals surface area (Å²) in [5.41, 5.74) is 14.6. The minimum absolute atomic E-state index is 1.13. The van der Waals surface area contributed by atoms with Gasteiger partial charge in [0, 0.05) is 76.6 Å². The van der Waals surface area contributed by atoms with Crippen LogP contribution >= 0.6 is 0 Å². The highest BCUT2D eigenvalue weighted by molar-refractivity contribution is 6.39. The van der Waals surface area contributed by atoms with Gasteiger partial charge in [-0.2, -0.15) is 0 Å². The van der Waals surface area contributed by atoms with E-state index in [1.54, 1.807) is 0 Å². The summed E-state index contributed by atoms with van der Waals surface area (Å²) in [5, 5.41) is 12.9. The van der Waals surface area contributed by atoms with Crippen LogP contribution in [0.3, 0.4) is 0 Å². The van der Waals surface area contributed by atoms with Crippen molar-refractivity contribution >= 4 is 115 Å². The highest BCUT2D eigenvalue weighted by atomic mass is 15.1. The maximum atomic E-state index is 2.57. The molecule has 58 heavy (non-hydrogen) atoms. The predicted octanol–water partition coefficient (Wildman–Crippen LogP) is 14.6. The molecule has 4 nitrogen and oxygen atoms in total. The zero-order valence-corrected chi connectivity index (χ0v) is 31.3. The van der Waals surface area contributed by atoms with Gasteiger partial charge in [-0.15, -0.1) is 0 Å². The number of fused-ring (bicyclic) bond motifs is 17. The average molecular weight is 737 g/mol. The molecule has 14 rings (SSSR count). The fourth-order valence-corrected chi connectivity index (χ4v) is 10.6. The largest absolute Gasteiger partial charge is 0.310 e. The molecule has 0 saturated carbocycles. The predicted molar refractivity (Wildman–Crippen MR) is 245 cm³/mol. The Hall–Kier alpha value is -7.82. The van der Waals surface area contributed by atoms with E-state index < -0.39 is 0 Å². The number of hydrogen-bond donors (Lipinski definition) is 0. The molecule has 0 spiro atoms. The molecule has 0 N–H and O–H groups in total. The molecule has 0 fully saturated rings. The Morgan fingerprint density at radius 3 is 1.62 bits per heavy atom. The van der Waals surface area contributed by atoms with Crippen molar-refractivity contribution in [1.29, 1.82) is 0 Å². The molecule has 14 aromatic rings. The van der Waals surface area contributed by atoms with Gasteiger partial charge in [0.25, 0.3) is 0 Å². The van der Waals surface area contributed by atoms with Crippen LogP contribution in [0, 0.1) is 0 Å². The third kappa shape index (κ3) is 3.70. The quantitative estimate of drug-likeness (QED) is 0.176. The Balaban J connectivity index is 1.14. The zero-order valence-electron chi connectivity index (χ0n) is 31.3. The van der Waals surface area contributed by atoms with Crippen molar-refractivity contribution in [3.8, 4) is 5.69 Å². The molecule has 9 aromatic carbocycles. The van der Waals surface area contributed by atoms with Crippen LogP contribution in [-0.2, 0) is 0 Å². The van der Waals surface area contributed by atoms with E-state index >= 15 is 0 Å². The minimum atomic E-state index is 1.13. The van der Waals surface area contributed by atoms with Crippen molar-refractivity contribution in [2.45, 2.75) is 0 Å². The Morgan fingerprint density at radius 1 is 0.276 bits per heavy atom. The van der Waals surface area contributed by atoms with E-state index in [0.717, 1.165) is 17.1 Å². The highest BCUT2D eigenvalue weighted by Crippen LogP contribution is 2.50. The van der Waals surface area contributed by atoms with Crippen LogP contribution in [0.5, 0.6) is 0 Å². The lowest BCUT2D eigenvalue weighted by Gasteiger charge is -2.25. The fourth-order valence-electron chi connectivity index (χ4n) is 10.6. The molecule has 0 bridgehead atoms. The van der Waals surface area contributed by atoms with E-state index in [1.165, 1.54) is 104 Å². The van der Waals surface area contributed by atoms with E-state index in [4.69, 9.17) is 0 Å². The van der Waals surface area contributed by atoms with Gasteiger partial charge in [0.05, 0.1) is 44.1 Å². The topological polar surface area (TPSA) is 17.0 Å². The number of benzene rings is 9. The highest BCUT2D eigenvalue weighted by Gasteiger charge is 2.27. The van der Waals surface area contributed by atoms with Crippen molar-refractivity contribution in [2.24, 2.45) is 0 Å². The summed E-state index contributed by atoms with van der Waals surface area (Å²) in [4.78, 5) is 2.36. The Bertz CT molecular complexity index is 3910. The van der Waals surface area contributed by atoms with Crippen LogP contribution in [0.2, 0.25) is 0 Å². The Labute approximate surface area is 331 Å². The first kappa shape index (κ1) is 30.4. The van der Waals surface area contributed by atoms with Crippen LogP contribution in [0.25, 0.3) is 104 Å². The van der Waals surface area contributed by atoms with Gasteiger partial charge in [-0.1, -0.05) is 121 Å². The molecule has 0 amide bonds. The van der Waals surface area contributed by atoms with Crippen LogP contribution in [-0.4, -0.2) is 13.4 Å². The van der Waals surface area contributed by atoms with E-state index in [2.05, 4.69) is 212 Å². The molecule has 0 saturated heterocycles. The second-order valence-electron chi connectivity index (χ2n) is 15.7. The molecule has 0 atom stereocenters. The number of hydrogen-bond acceptors (Lipinski definition) is 1. The van der Waals surface area contributed by atoms with Gasteiger partial charge in [0.15, 0.2) is 0 Å². The smallest absolute Gasteiger partial charge is 0.0641 e. The van der Waals surface area contributed by atoms with Crippen molar-refractivity contribution in [3.05, 3.63) is 194 Å². The lowest BCUT2D eigenvalue weighted by molar-refractivity contribution is 1.19. The maximum absolute atomic E-state index is 2.57. The van der Waals surface area contributed by atoms with E-state index in [0.29, 0.717) is 0 Å². The van der Waals surface area contributed by atoms with Gasteiger partial charge in [-0.05, 0) is 72.8 Å². The van der Waals surface area contributed by atoms with Crippen molar-refractivity contribution in [3.63, 3.8) is 0 Å². The third-order valence-electron chi connectivity index (χ3n) is 12.8. The lowest BCUT2D eigenvalue weighted by Crippen LogP contribution is -2.09. The molecule has 0 radical (unpaired) electrons. The van der Waals surface area contributed by atoms with Gasteiger partial charge in [-0.3, -0.25) is 0 Å².